The van der Waals surface area contributed by atoms with Crippen LogP contribution in [0.25, 0.3) is 0 Å². The van der Waals surface area contributed by atoms with Crippen molar-refractivity contribution in [3.05, 3.63) is 29.8 Å². The number of aliphatic carboxylic acids is 1. The Morgan fingerprint density at radius 3 is 2.31 bits per heavy atom. The van der Waals surface area contributed by atoms with Crippen LogP contribution in [-0.2, 0) is 4.79 Å². The Bertz CT molecular complexity index is 776. The molecule has 0 saturated carbocycles. The number of nitrogens with one attached hydrogen (secondary N) is 1. The summed E-state index contributed by atoms with van der Waals surface area (Å²) in [5, 5.41) is 24.1. The molecule has 0 aromatic heterocycles. The summed E-state index contributed by atoms with van der Waals surface area (Å²) in [6.07, 6.45) is 9.63. The fraction of sp³-hybridized carbons (Fsp3) is 0.591. The van der Waals surface area contributed by atoms with Crippen LogP contribution < -0.4 is 10.3 Å². The number of nitrogens with zero attached hydrogens (tertiary/aromatic N) is 3. The van der Waals surface area contributed by atoms with E-state index in [9.17, 15) is 19.8 Å². The van der Waals surface area contributed by atoms with Gasteiger partial charge in [-0.1, -0.05) is 88.3 Å². The second-order valence-corrected chi connectivity index (χ2v) is 8.74. The van der Waals surface area contributed by atoms with Gasteiger partial charge in [-0.3, -0.25) is 4.79 Å². The number of unbranched alkanes of at least 4 members (excludes halogenated alkanes) is 8. The van der Waals surface area contributed by atoms with Crippen LogP contribution in [0.5, 0.6) is 5.75 Å². The Morgan fingerprint density at radius 2 is 1.69 bits per heavy atom. The number of para-hydroxylation sites is 1. The van der Waals surface area contributed by atoms with Gasteiger partial charge in [-0.15, -0.1) is 10.2 Å². The molecular formula is C22H34N4O5S. The Kier molecular flexibility index (Phi) is 11.2. The maximum atomic E-state index is 12.0. The number of ether oxygens (including phenoxy) is 1. The fourth-order valence-electron chi connectivity index (χ4n) is 3.40. The molecule has 0 radical (unpaired) electrons. The molecule has 1 aromatic rings. The molecule has 1 atom stereocenters. The summed E-state index contributed by atoms with van der Waals surface area (Å²) in [6.45, 7) is 2.73. The molecular weight excluding hydrogens is 432 g/mol. The van der Waals surface area contributed by atoms with E-state index in [1.54, 1.807) is 24.3 Å². The number of rotatable bonds is 14. The van der Waals surface area contributed by atoms with Crippen LogP contribution in [0.3, 0.4) is 0 Å². The minimum Gasteiger partial charge on any atom is -0.493 e. The number of hydrogen-bond donors (Lipinski definition) is 3. The first kappa shape index (κ1) is 25.8. The fourth-order valence-corrected chi connectivity index (χ4v) is 4.42. The first-order valence-corrected chi connectivity index (χ1v) is 12.0. The van der Waals surface area contributed by atoms with E-state index in [0.717, 1.165) is 34.7 Å². The number of hydrogen-bond acceptors (Lipinski definition) is 7. The van der Waals surface area contributed by atoms with Crippen molar-refractivity contribution in [1.29, 1.82) is 0 Å². The molecule has 10 heteroatoms. The zero-order chi connectivity index (χ0) is 23.3. The van der Waals surface area contributed by atoms with Crippen molar-refractivity contribution in [2.45, 2.75) is 70.0 Å². The maximum Gasteiger partial charge on any atom is 0.430 e. The highest BCUT2D eigenvalue weighted by Gasteiger charge is 2.35. The number of carbonyl (C=O) groups is 2. The standard InChI is InChI=1S/C22H34N4O5S/c1-3-4-5-6-7-8-9-10-13-16-31-18-15-12-11-14-17(18)19(20(27)28)32-21-23-24-25(2)26(21)22(29)30/h11-12,14-15,19,24H,3-10,13,16H2,1-2H3,(H,27,28)(H,29,30). The first-order chi connectivity index (χ1) is 15.5. The highest BCUT2D eigenvalue weighted by atomic mass is 32.2. The second-order valence-electron chi connectivity index (χ2n) is 7.66. The Labute approximate surface area is 193 Å². The topological polar surface area (TPSA) is 115 Å². The highest BCUT2D eigenvalue weighted by molar-refractivity contribution is 8.14. The highest BCUT2D eigenvalue weighted by Crippen LogP contribution is 2.37. The largest absolute Gasteiger partial charge is 0.493 e. The van der Waals surface area contributed by atoms with Gasteiger partial charge in [0, 0.05) is 12.6 Å². The molecule has 3 N–H and O–H groups in total. The lowest BCUT2D eigenvalue weighted by atomic mass is 10.1. The van der Waals surface area contributed by atoms with E-state index in [-0.39, 0.29) is 5.17 Å². The van der Waals surface area contributed by atoms with E-state index in [1.165, 1.54) is 52.0 Å². The summed E-state index contributed by atoms with van der Waals surface area (Å²) in [6, 6.07) is 6.97. The second kappa shape index (κ2) is 13.8. The van der Waals surface area contributed by atoms with Crippen LogP contribution in [0.2, 0.25) is 0 Å². The monoisotopic (exact) mass is 466 g/mol. The van der Waals surface area contributed by atoms with Crippen molar-refractivity contribution in [2.75, 3.05) is 13.7 Å². The Morgan fingerprint density at radius 1 is 1.06 bits per heavy atom. The van der Waals surface area contributed by atoms with Gasteiger partial charge in [-0.05, 0) is 12.5 Å². The van der Waals surface area contributed by atoms with E-state index >= 15 is 0 Å². The number of benzene rings is 1. The van der Waals surface area contributed by atoms with E-state index < -0.39 is 17.3 Å². The summed E-state index contributed by atoms with van der Waals surface area (Å²) in [5.74, 6) is -0.606. The predicted molar refractivity (Wildman–Crippen MR) is 125 cm³/mol. The zero-order valence-electron chi connectivity index (χ0n) is 18.8. The van der Waals surface area contributed by atoms with Crippen molar-refractivity contribution in [2.24, 2.45) is 5.10 Å². The molecule has 2 rings (SSSR count). The Hall–Kier alpha value is -2.46. The molecule has 0 bridgehead atoms. The van der Waals surface area contributed by atoms with Gasteiger partial charge in [-0.25, -0.2) is 10.3 Å². The lowest BCUT2D eigenvalue weighted by molar-refractivity contribution is -0.136. The summed E-state index contributed by atoms with van der Waals surface area (Å²) < 4.78 is 5.92. The first-order valence-electron chi connectivity index (χ1n) is 11.2. The van der Waals surface area contributed by atoms with E-state index in [4.69, 9.17) is 4.74 Å². The van der Waals surface area contributed by atoms with Crippen LogP contribution in [0.4, 0.5) is 4.79 Å². The van der Waals surface area contributed by atoms with Crippen LogP contribution in [0.1, 0.15) is 75.5 Å². The van der Waals surface area contributed by atoms with Gasteiger partial charge in [0.05, 0.1) is 6.61 Å². The molecule has 0 fully saturated rings. The molecule has 9 nitrogen and oxygen atoms in total. The minimum atomic E-state index is -1.26. The number of hydrazine groups is 2. The van der Waals surface area contributed by atoms with Crippen molar-refractivity contribution in [1.82, 2.24) is 15.7 Å². The minimum absolute atomic E-state index is 0.0288. The zero-order valence-corrected chi connectivity index (χ0v) is 19.6. The number of thioether (sulfide) groups is 1. The van der Waals surface area contributed by atoms with Gasteiger partial charge < -0.3 is 14.9 Å². The lowest BCUT2D eigenvalue weighted by Crippen LogP contribution is -2.45. The van der Waals surface area contributed by atoms with Gasteiger partial charge in [0.1, 0.15) is 11.0 Å². The molecule has 1 amide bonds. The molecule has 1 aromatic carbocycles. The Balaban J connectivity index is 1.88. The summed E-state index contributed by atoms with van der Waals surface area (Å²) in [5.41, 5.74) is 2.98. The molecule has 32 heavy (non-hydrogen) atoms. The average molecular weight is 467 g/mol. The van der Waals surface area contributed by atoms with Crippen LogP contribution in [0.15, 0.2) is 29.4 Å². The van der Waals surface area contributed by atoms with Crippen LogP contribution in [0, 0.1) is 0 Å². The molecule has 178 valence electrons. The number of amidine groups is 1. The van der Waals surface area contributed by atoms with Crippen LogP contribution in [-0.4, -0.2) is 51.2 Å². The molecule has 1 heterocycles. The van der Waals surface area contributed by atoms with E-state index in [0.29, 0.717) is 17.9 Å². The van der Waals surface area contributed by atoms with Gasteiger partial charge in [0.15, 0.2) is 0 Å². The molecule has 0 aliphatic carbocycles. The SMILES string of the molecule is CCCCCCCCCCCOc1ccccc1C(SC1=NNN(C)N1C(=O)O)C(=O)O. The van der Waals surface area contributed by atoms with Gasteiger partial charge >= 0.3 is 12.1 Å². The van der Waals surface area contributed by atoms with Gasteiger partial charge in [0.2, 0.25) is 5.17 Å². The quantitative estimate of drug-likeness (QED) is 0.326. The average Bonchev–Trinajstić information content (AvgIpc) is 3.14. The molecule has 1 unspecified atom stereocenters. The lowest BCUT2D eigenvalue weighted by Gasteiger charge is -2.22. The summed E-state index contributed by atoms with van der Waals surface area (Å²) in [4.78, 5) is 23.5. The molecule has 1 aliphatic heterocycles. The number of hydrazone groups is 1. The van der Waals surface area contributed by atoms with Crippen LogP contribution >= 0.6 is 11.8 Å². The normalized spacial score (nSPS) is 14.7. The number of carboxylic acid groups (broad SMARTS) is 2. The van der Waals surface area contributed by atoms with Gasteiger partial charge in [0.25, 0.3) is 0 Å². The smallest absolute Gasteiger partial charge is 0.430 e. The van der Waals surface area contributed by atoms with Crippen molar-refractivity contribution in [3.63, 3.8) is 0 Å². The van der Waals surface area contributed by atoms with Crippen molar-refractivity contribution in [3.8, 4) is 5.75 Å². The van der Waals surface area contributed by atoms with E-state index in [2.05, 4.69) is 17.6 Å². The summed E-state index contributed by atoms with van der Waals surface area (Å²) >= 11 is 0.838. The van der Waals surface area contributed by atoms with Crippen molar-refractivity contribution < 1.29 is 24.5 Å². The number of amides is 1. The maximum absolute atomic E-state index is 12.0. The van der Waals surface area contributed by atoms with Gasteiger partial charge in [-0.2, -0.15) is 5.01 Å². The molecule has 0 spiro atoms. The molecule has 0 saturated heterocycles. The third kappa shape index (κ3) is 7.90. The third-order valence-corrected chi connectivity index (χ3v) is 6.27. The molecule has 1 aliphatic rings. The van der Waals surface area contributed by atoms with E-state index in [1.807, 2.05) is 0 Å². The number of carboxylic acids is 1. The summed E-state index contributed by atoms with van der Waals surface area (Å²) in [7, 11) is 1.48. The van der Waals surface area contributed by atoms with Crippen molar-refractivity contribution >= 4 is 29.0 Å². The third-order valence-electron chi connectivity index (χ3n) is 5.11. The predicted octanol–water partition coefficient (Wildman–Crippen LogP) is 5.07.